The molecule has 0 amide bonds. The molecule has 1 N–H and O–H groups in total. The van der Waals surface area contributed by atoms with Gasteiger partial charge in [-0.1, -0.05) is 0 Å². The normalized spacial score (nSPS) is 18.9. The Morgan fingerprint density at radius 2 is 1.50 bits per heavy atom. The number of hydrogen-bond acceptors (Lipinski definition) is 7. The number of carbonyl (C=O) groups is 2. The molecular weight excluding hydrogens is 464 g/mol. The number of halogens is 3. The number of alkyl halides is 3. The summed E-state index contributed by atoms with van der Waals surface area (Å²) in [7, 11) is 0. The molecular formula is C23H21AlF3N4O3. The number of ketones is 2. The molecule has 0 atom stereocenters. The van der Waals surface area contributed by atoms with Crippen molar-refractivity contribution in [2.75, 3.05) is 39.3 Å². The number of pyridine rings is 1. The number of aromatic nitrogens is 1. The number of fused-ring (bicyclic) bond motifs is 1. The second-order valence-corrected chi connectivity index (χ2v) is 8.36. The summed E-state index contributed by atoms with van der Waals surface area (Å²) in [4.78, 5) is 34.2. The third kappa shape index (κ3) is 4.50. The van der Waals surface area contributed by atoms with E-state index in [1.165, 1.54) is 18.3 Å². The maximum atomic E-state index is 12.7. The number of benzene rings is 1. The molecule has 1 aromatic heterocycles. The molecule has 4 heterocycles. The maximum absolute atomic E-state index is 12.7. The molecule has 0 unspecified atom stereocenters. The number of aromatic hydroxyl groups is 1. The Balaban J connectivity index is 0.000000157. The van der Waals surface area contributed by atoms with Gasteiger partial charge in [0.15, 0.2) is 0 Å². The minimum absolute atomic E-state index is 0. The topological polar surface area (TPSA) is 76.3 Å². The molecule has 0 bridgehead atoms. The van der Waals surface area contributed by atoms with E-state index < -0.39 is 11.7 Å². The van der Waals surface area contributed by atoms with Gasteiger partial charge in [-0.2, -0.15) is 13.2 Å². The molecule has 3 aliphatic heterocycles. The highest BCUT2D eigenvalue weighted by molar-refractivity contribution is 6.22. The molecule has 3 saturated heterocycles. The van der Waals surface area contributed by atoms with E-state index in [0.717, 1.165) is 51.4 Å². The fraction of sp³-hybridized carbons (Fsp3) is 0.348. The third-order valence-corrected chi connectivity index (χ3v) is 5.87. The number of rotatable bonds is 3. The Morgan fingerprint density at radius 1 is 0.912 bits per heavy atom. The second kappa shape index (κ2) is 8.64. The van der Waals surface area contributed by atoms with E-state index in [0.29, 0.717) is 22.7 Å². The number of hydrogen-bond donors (Lipinski definition) is 1. The van der Waals surface area contributed by atoms with Gasteiger partial charge < -0.3 is 19.8 Å². The number of phenolic OH excluding ortho intramolecular Hbond substituents is 1. The predicted octanol–water partition coefficient (Wildman–Crippen LogP) is 2.07. The van der Waals surface area contributed by atoms with Crippen LogP contribution < -0.4 is 0 Å². The summed E-state index contributed by atoms with van der Waals surface area (Å²) in [6, 6.07) is 3.36. The van der Waals surface area contributed by atoms with Gasteiger partial charge in [0.1, 0.15) is 22.7 Å². The highest BCUT2D eigenvalue weighted by atomic mass is 27.0. The van der Waals surface area contributed by atoms with Crippen LogP contribution in [0, 0.1) is 6.92 Å². The quantitative estimate of drug-likeness (QED) is 0.405. The van der Waals surface area contributed by atoms with Crippen LogP contribution in [0.3, 0.4) is 0 Å². The van der Waals surface area contributed by atoms with E-state index in [9.17, 15) is 27.9 Å². The van der Waals surface area contributed by atoms with Crippen molar-refractivity contribution in [3.8, 4) is 5.75 Å². The van der Waals surface area contributed by atoms with Crippen molar-refractivity contribution in [2.24, 2.45) is 0 Å². The summed E-state index contributed by atoms with van der Waals surface area (Å²) >= 11 is 0. The molecule has 2 aromatic rings. The van der Waals surface area contributed by atoms with Crippen LogP contribution in [-0.2, 0) is 15.8 Å². The monoisotopic (exact) mass is 485 g/mol. The van der Waals surface area contributed by atoms with Crippen LogP contribution in [0.4, 0.5) is 13.2 Å². The minimum Gasteiger partial charge on any atom is -0.506 e. The number of nitrogens with zero attached hydrogens (tertiary/aromatic N) is 4. The van der Waals surface area contributed by atoms with E-state index in [2.05, 4.69) is 4.98 Å². The lowest BCUT2D eigenvalue weighted by molar-refractivity contribution is -0.136. The first-order chi connectivity index (χ1) is 15.7. The van der Waals surface area contributed by atoms with Crippen LogP contribution in [0.1, 0.15) is 11.1 Å². The Hall–Kier alpha value is -3.03. The Morgan fingerprint density at radius 3 is 2.06 bits per heavy atom. The van der Waals surface area contributed by atoms with E-state index in [1.54, 1.807) is 6.92 Å². The van der Waals surface area contributed by atoms with Crippen LogP contribution in [0.15, 0.2) is 47.6 Å². The second-order valence-electron chi connectivity index (χ2n) is 8.36. The van der Waals surface area contributed by atoms with Gasteiger partial charge in [0, 0.05) is 74.3 Å². The molecule has 175 valence electrons. The average molecular weight is 485 g/mol. The lowest BCUT2D eigenvalue weighted by atomic mass is 10.0. The summed E-state index contributed by atoms with van der Waals surface area (Å²) in [5.74, 6) is -0.195. The van der Waals surface area contributed by atoms with Crippen molar-refractivity contribution < 1.29 is 27.9 Å². The van der Waals surface area contributed by atoms with Crippen molar-refractivity contribution in [1.29, 1.82) is 0 Å². The SMILES string of the molecule is Cc1ccnc2c(O)ccc(C(F)(F)F)c12.O=C1C=C(N2CC2)C(=O)C(N2CC2)=C1N1CC1.[Al]. The molecule has 4 aliphatic rings. The van der Waals surface area contributed by atoms with E-state index in [-0.39, 0.29) is 45.6 Å². The zero-order chi connectivity index (χ0) is 23.5. The predicted molar refractivity (Wildman–Crippen MR) is 119 cm³/mol. The summed E-state index contributed by atoms with van der Waals surface area (Å²) < 4.78 is 38.2. The van der Waals surface area contributed by atoms with Gasteiger partial charge in [0.25, 0.3) is 0 Å². The minimum atomic E-state index is -4.44. The maximum Gasteiger partial charge on any atom is 0.417 e. The Kier molecular flexibility index (Phi) is 6.12. The fourth-order valence-electron chi connectivity index (χ4n) is 3.93. The van der Waals surface area contributed by atoms with Gasteiger partial charge in [0.05, 0.1) is 11.3 Å². The average Bonchev–Trinajstić information content (AvgIpc) is 3.62. The van der Waals surface area contributed by atoms with Gasteiger partial charge in [0.2, 0.25) is 11.6 Å². The molecule has 11 heteroatoms. The van der Waals surface area contributed by atoms with Crippen molar-refractivity contribution in [3.63, 3.8) is 0 Å². The van der Waals surface area contributed by atoms with Gasteiger partial charge >= 0.3 is 6.18 Å². The highest BCUT2D eigenvalue weighted by Gasteiger charge is 2.43. The zero-order valence-corrected chi connectivity index (χ0v) is 19.5. The molecule has 1 aliphatic carbocycles. The van der Waals surface area contributed by atoms with E-state index in [1.807, 2.05) is 14.7 Å². The van der Waals surface area contributed by atoms with Crippen molar-refractivity contribution in [2.45, 2.75) is 13.1 Å². The van der Waals surface area contributed by atoms with Gasteiger partial charge in [-0.25, -0.2) is 0 Å². The fourth-order valence-corrected chi connectivity index (χ4v) is 3.93. The van der Waals surface area contributed by atoms with Crippen molar-refractivity contribution >= 4 is 39.8 Å². The van der Waals surface area contributed by atoms with Gasteiger partial charge in [-0.3, -0.25) is 14.6 Å². The standard InChI is InChI=1S/C12H13N3O2.C11H8F3NO.Al/c16-9-7-8(13-1-2-13)12(17)11(15-5-6-15)10(9)14-3-4-14;1-6-4-5-15-10-8(16)3-2-7(9(6)10)11(12,13)14;/h7H,1-6H2;2-5,16H,1H3;. The van der Waals surface area contributed by atoms with Gasteiger partial charge in [-0.15, -0.1) is 0 Å². The number of phenols is 1. The smallest absolute Gasteiger partial charge is 0.417 e. The summed E-state index contributed by atoms with van der Waals surface area (Å²) in [6.45, 7) is 6.96. The lowest BCUT2D eigenvalue weighted by Crippen LogP contribution is -2.29. The van der Waals surface area contributed by atoms with Crippen molar-refractivity contribution in [1.82, 2.24) is 19.7 Å². The lowest BCUT2D eigenvalue weighted by Gasteiger charge is -2.21. The molecule has 34 heavy (non-hydrogen) atoms. The number of carbonyl (C=O) groups excluding carboxylic acids is 2. The van der Waals surface area contributed by atoms with Crippen LogP contribution in [-0.4, -0.2) is 93.0 Å². The molecule has 0 saturated carbocycles. The van der Waals surface area contributed by atoms with Crippen LogP contribution in [0.25, 0.3) is 10.9 Å². The third-order valence-electron chi connectivity index (χ3n) is 5.87. The van der Waals surface area contributed by atoms with Crippen LogP contribution >= 0.6 is 0 Å². The first-order valence-corrected chi connectivity index (χ1v) is 10.6. The molecule has 1 aromatic carbocycles. The first kappa shape index (κ1) is 24.1. The zero-order valence-electron chi connectivity index (χ0n) is 18.4. The molecule has 0 spiro atoms. The largest absolute Gasteiger partial charge is 0.506 e. The van der Waals surface area contributed by atoms with E-state index >= 15 is 0 Å². The number of aryl methyl sites for hydroxylation is 1. The first-order valence-electron chi connectivity index (χ1n) is 10.6. The molecule has 7 nitrogen and oxygen atoms in total. The highest BCUT2D eigenvalue weighted by Crippen LogP contribution is 2.38. The Labute approximate surface area is 204 Å². The summed E-state index contributed by atoms with van der Waals surface area (Å²) in [5, 5.41) is 9.41. The number of Topliss-reactive ketones (excluding diaryl/α,β-unsaturated/α-hetero) is 1. The molecule has 3 radical (unpaired) electrons. The van der Waals surface area contributed by atoms with Crippen molar-refractivity contribution in [3.05, 3.63) is 58.7 Å². The number of allylic oxidation sites excluding steroid dienone is 1. The van der Waals surface area contributed by atoms with Crippen LogP contribution in [0.2, 0.25) is 0 Å². The summed E-state index contributed by atoms with van der Waals surface area (Å²) in [6.07, 6.45) is -1.55. The van der Waals surface area contributed by atoms with E-state index in [4.69, 9.17) is 0 Å². The molecule has 3 fully saturated rings. The van der Waals surface area contributed by atoms with Gasteiger partial charge in [-0.05, 0) is 30.7 Å². The Bertz CT molecular complexity index is 1250. The summed E-state index contributed by atoms with van der Waals surface area (Å²) in [5.41, 5.74) is 1.53. The van der Waals surface area contributed by atoms with Crippen LogP contribution in [0.5, 0.6) is 5.75 Å². The molecule has 6 rings (SSSR count).